The quantitative estimate of drug-likeness (QED) is 0.875. The zero-order valence-electron chi connectivity index (χ0n) is 9.84. The number of nitrogens with one attached hydrogen (secondary N) is 1. The van der Waals surface area contributed by atoms with Crippen molar-refractivity contribution in [2.24, 2.45) is 0 Å². The van der Waals surface area contributed by atoms with E-state index in [2.05, 4.69) is 5.32 Å². The largest absolute Gasteiger partial charge is 0.507 e. The summed E-state index contributed by atoms with van der Waals surface area (Å²) in [7, 11) is 1.45. The number of phenolic OH excluding ortho intramolecular Hbond substituents is 1. The van der Waals surface area contributed by atoms with Crippen molar-refractivity contribution in [3.8, 4) is 11.5 Å². The first-order valence-corrected chi connectivity index (χ1v) is 5.56. The minimum atomic E-state index is -4.24. The van der Waals surface area contributed by atoms with E-state index in [9.17, 15) is 18.3 Å². The van der Waals surface area contributed by atoms with Gasteiger partial charge in [-0.25, -0.2) is 0 Å². The van der Waals surface area contributed by atoms with Gasteiger partial charge in [-0.2, -0.15) is 13.2 Å². The summed E-state index contributed by atoms with van der Waals surface area (Å²) < 4.78 is 42.9. The molecular weight excluding hydrogens is 247 g/mol. The van der Waals surface area contributed by atoms with Crippen LogP contribution in [0.3, 0.4) is 0 Å². The van der Waals surface area contributed by atoms with Gasteiger partial charge in [0.05, 0.1) is 7.11 Å². The van der Waals surface area contributed by atoms with Gasteiger partial charge >= 0.3 is 6.18 Å². The summed E-state index contributed by atoms with van der Waals surface area (Å²) in [4.78, 5) is 0. The lowest BCUT2D eigenvalue weighted by Gasteiger charge is -2.21. The van der Waals surface area contributed by atoms with Crippen molar-refractivity contribution >= 4 is 0 Å². The highest BCUT2D eigenvalue weighted by molar-refractivity contribution is 5.39. The molecular formula is C12H14F3NO2. The molecule has 0 spiro atoms. The summed E-state index contributed by atoms with van der Waals surface area (Å²) in [6.45, 7) is -0.0185. The van der Waals surface area contributed by atoms with Crippen LogP contribution in [0.2, 0.25) is 0 Å². The van der Waals surface area contributed by atoms with Crippen LogP contribution in [0, 0.1) is 0 Å². The number of halogens is 3. The number of benzene rings is 1. The fraction of sp³-hybridized carbons (Fsp3) is 0.500. The van der Waals surface area contributed by atoms with E-state index < -0.39 is 11.7 Å². The summed E-state index contributed by atoms with van der Waals surface area (Å²) in [5, 5.41) is 12.1. The summed E-state index contributed by atoms with van der Waals surface area (Å²) in [5.74, 6) is 0.396. The van der Waals surface area contributed by atoms with Gasteiger partial charge in [0.25, 0.3) is 0 Å². The predicted octanol–water partition coefficient (Wildman–Crippen LogP) is 2.59. The highest BCUT2D eigenvalue weighted by Gasteiger charge is 2.62. The van der Waals surface area contributed by atoms with Crippen molar-refractivity contribution in [1.82, 2.24) is 5.32 Å². The Hall–Kier alpha value is -1.43. The highest BCUT2D eigenvalue weighted by atomic mass is 19.4. The normalized spacial score (nSPS) is 17.6. The van der Waals surface area contributed by atoms with Crippen LogP contribution in [0.25, 0.3) is 0 Å². The second-order valence-electron chi connectivity index (χ2n) is 4.43. The van der Waals surface area contributed by atoms with Gasteiger partial charge in [-0.05, 0) is 18.9 Å². The second-order valence-corrected chi connectivity index (χ2v) is 4.43. The fourth-order valence-electron chi connectivity index (χ4n) is 1.77. The summed E-state index contributed by atoms with van der Waals surface area (Å²) in [6.07, 6.45) is -4.06. The SMILES string of the molecule is COc1ccc(CNC2(C(F)(F)F)CC2)c(O)c1. The Morgan fingerprint density at radius 2 is 2.06 bits per heavy atom. The molecule has 1 aromatic rings. The van der Waals surface area contributed by atoms with Crippen molar-refractivity contribution < 1.29 is 23.0 Å². The van der Waals surface area contributed by atoms with Gasteiger partial charge in [0.2, 0.25) is 0 Å². The van der Waals surface area contributed by atoms with Crippen molar-refractivity contribution in [3.05, 3.63) is 23.8 Å². The number of hydrogen-bond donors (Lipinski definition) is 2. The Kier molecular flexibility index (Phi) is 3.14. The third-order valence-electron chi connectivity index (χ3n) is 3.20. The number of ether oxygens (including phenoxy) is 1. The van der Waals surface area contributed by atoms with E-state index in [1.54, 1.807) is 12.1 Å². The van der Waals surface area contributed by atoms with Crippen LogP contribution in [0.4, 0.5) is 13.2 Å². The lowest BCUT2D eigenvalue weighted by atomic mass is 10.1. The lowest BCUT2D eigenvalue weighted by Crippen LogP contribution is -2.44. The van der Waals surface area contributed by atoms with Crippen LogP contribution in [0.15, 0.2) is 18.2 Å². The molecule has 0 unspecified atom stereocenters. The number of aromatic hydroxyl groups is 1. The van der Waals surface area contributed by atoms with Gasteiger partial charge in [0, 0.05) is 18.2 Å². The van der Waals surface area contributed by atoms with Crippen LogP contribution < -0.4 is 10.1 Å². The van der Waals surface area contributed by atoms with Gasteiger partial charge in [0.15, 0.2) is 0 Å². The molecule has 0 aromatic heterocycles. The molecule has 0 amide bonds. The Morgan fingerprint density at radius 1 is 1.39 bits per heavy atom. The maximum atomic E-state index is 12.7. The highest BCUT2D eigenvalue weighted by Crippen LogP contribution is 2.49. The Labute approximate surface area is 103 Å². The maximum Gasteiger partial charge on any atom is 0.406 e. The van der Waals surface area contributed by atoms with Crippen LogP contribution in [-0.4, -0.2) is 23.9 Å². The predicted molar refractivity (Wildman–Crippen MR) is 59.5 cm³/mol. The number of alkyl halides is 3. The average Bonchev–Trinajstić information content (AvgIpc) is 3.07. The van der Waals surface area contributed by atoms with E-state index in [1.165, 1.54) is 13.2 Å². The number of rotatable bonds is 4. The molecule has 2 N–H and O–H groups in total. The molecule has 100 valence electrons. The molecule has 1 aliphatic carbocycles. The van der Waals surface area contributed by atoms with Crippen molar-refractivity contribution in [2.75, 3.05) is 7.11 Å². The lowest BCUT2D eigenvalue weighted by molar-refractivity contribution is -0.166. The molecule has 0 atom stereocenters. The van der Waals surface area contributed by atoms with E-state index in [1.807, 2.05) is 0 Å². The van der Waals surface area contributed by atoms with Crippen LogP contribution in [0.1, 0.15) is 18.4 Å². The van der Waals surface area contributed by atoms with Crippen LogP contribution in [-0.2, 0) is 6.54 Å². The number of phenols is 1. The molecule has 1 aromatic carbocycles. The smallest absolute Gasteiger partial charge is 0.406 e. The van der Waals surface area contributed by atoms with Gasteiger partial charge in [-0.3, -0.25) is 5.32 Å². The van der Waals surface area contributed by atoms with Gasteiger partial charge < -0.3 is 9.84 Å². The molecule has 1 fully saturated rings. The molecule has 0 heterocycles. The van der Waals surface area contributed by atoms with E-state index in [-0.39, 0.29) is 25.1 Å². The maximum absolute atomic E-state index is 12.7. The van der Waals surface area contributed by atoms with E-state index >= 15 is 0 Å². The van der Waals surface area contributed by atoms with E-state index in [4.69, 9.17) is 4.74 Å². The second kappa shape index (κ2) is 4.35. The third-order valence-corrected chi connectivity index (χ3v) is 3.20. The fourth-order valence-corrected chi connectivity index (χ4v) is 1.77. The molecule has 0 radical (unpaired) electrons. The Morgan fingerprint density at radius 3 is 2.50 bits per heavy atom. The minimum Gasteiger partial charge on any atom is -0.507 e. The Bertz CT molecular complexity index is 441. The molecule has 18 heavy (non-hydrogen) atoms. The first-order chi connectivity index (χ1) is 8.38. The number of methoxy groups -OCH3 is 1. The topological polar surface area (TPSA) is 41.5 Å². The summed E-state index contributed by atoms with van der Waals surface area (Å²) in [5.41, 5.74) is -1.34. The number of hydrogen-bond acceptors (Lipinski definition) is 3. The molecule has 0 aliphatic heterocycles. The standard InChI is InChI=1S/C12H14F3NO2/c1-18-9-3-2-8(10(17)6-9)7-16-11(4-5-11)12(13,14)15/h2-3,6,16-17H,4-5,7H2,1H3. The summed E-state index contributed by atoms with van der Waals surface area (Å²) in [6, 6.07) is 4.53. The molecule has 0 bridgehead atoms. The third kappa shape index (κ3) is 2.38. The molecule has 1 saturated carbocycles. The van der Waals surface area contributed by atoms with E-state index in [0.717, 1.165) is 0 Å². The van der Waals surface area contributed by atoms with Crippen LogP contribution in [0.5, 0.6) is 11.5 Å². The average molecular weight is 261 g/mol. The molecule has 0 saturated heterocycles. The Balaban J connectivity index is 2.03. The molecule has 3 nitrogen and oxygen atoms in total. The zero-order valence-corrected chi connectivity index (χ0v) is 9.84. The molecule has 2 rings (SSSR count). The van der Waals surface area contributed by atoms with Crippen molar-refractivity contribution in [2.45, 2.75) is 31.1 Å². The van der Waals surface area contributed by atoms with Crippen molar-refractivity contribution in [1.29, 1.82) is 0 Å². The first-order valence-electron chi connectivity index (χ1n) is 5.56. The van der Waals surface area contributed by atoms with E-state index in [0.29, 0.717) is 11.3 Å². The summed E-state index contributed by atoms with van der Waals surface area (Å²) >= 11 is 0. The van der Waals surface area contributed by atoms with Gasteiger partial charge in [-0.1, -0.05) is 6.07 Å². The minimum absolute atomic E-state index is 0.0185. The molecule has 1 aliphatic rings. The van der Waals surface area contributed by atoms with Gasteiger partial charge in [0.1, 0.15) is 17.0 Å². The van der Waals surface area contributed by atoms with Gasteiger partial charge in [-0.15, -0.1) is 0 Å². The monoisotopic (exact) mass is 261 g/mol. The first kappa shape index (κ1) is 13.0. The zero-order chi connectivity index (χ0) is 13.4. The molecule has 6 heteroatoms. The van der Waals surface area contributed by atoms with Crippen LogP contribution >= 0.6 is 0 Å². The van der Waals surface area contributed by atoms with Crippen molar-refractivity contribution in [3.63, 3.8) is 0 Å².